The Morgan fingerprint density at radius 3 is 2.78 bits per heavy atom. The van der Waals surface area contributed by atoms with Gasteiger partial charge in [-0.05, 0) is 37.1 Å². The number of halogens is 3. The Bertz CT molecular complexity index is 766. The third-order valence-electron chi connectivity index (χ3n) is 3.98. The van der Waals surface area contributed by atoms with Crippen LogP contribution in [0.5, 0.6) is 0 Å². The van der Waals surface area contributed by atoms with Crippen molar-refractivity contribution in [3.63, 3.8) is 0 Å². The van der Waals surface area contributed by atoms with Crippen molar-refractivity contribution in [3.05, 3.63) is 63.4 Å². The maximum atomic E-state index is 13.6. The molecule has 120 valence electrons. The Balaban J connectivity index is 1.81. The van der Waals surface area contributed by atoms with E-state index in [4.69, 9.17) is 23.2 Å². The molecule has 1 unspecified atom stereocenters. The fourth-order valence-corrected chi connectivity index (χ4v) is 3.52. The van der Waals surface area contributed by atoms with E-state index in [0.717, 1.165) is 17.7 Å². The summed E-state index contributed by atoms with van der Waals surface area (Å²) in [6, 6.07) is 9.65. The van der Waals surface area contributed by atoms with Gasteiger partial charge in [-0.25, -0.2) is 9.18 Å². The fraction of sp³-hybridized carbons (Fsp3) is 0.235. The molecule has 0 bridgehead atoms. The van der Waals surface area contributed by atoms with Gasteiger partial charge in [0.2, 0.25) is 0 Å². The molecule has 3 rings (SSSR count). The molecule has 1 heterocycles. The minimum atomic E-state index is -0.557. The molecule has 1 atom stereocenters. The lowest BCUT2D eigenvalue weighted by molar-refractivity contribution is 0.244. The van der Waals surface area contributed by atoms with Crippen molar-refractivity contribution in [1.29, 1.82) is 0 Å². The maximum Gasteiger partial charge on any atom is 0.322 e. The molecule has 23 heavy (non-hydrogen) atoms. The summed E-state index contributed by atoms with van der Waals surface area (Å²) >= 11 is 12.1. The topological polar surface area (TPSA) is 32.3 Å². The number of carbonyl (C=O) groups is 1. The molecule has 1 N–H and O–H groups in total. The highest BCUT2D eigenvalue weighted by molar-refractivity contribution is 6.36. The van der Waals surface area contributed by atoms with E-state index in [2.05, 4.69) is 5.32 Å². The molecule has 1 aliphatic rings. The minimum Gasteiger partial charge on any atom is -0.331 e. The summed E-state index contributed by atoms with van der Waals surface area (Å²) < 4.78 is 13.6. The van der Waals surface area contributed by atoms with Gasteiger partial charge in [0, 0.05) is 22.8 Å². The highest BCUT2D eigenvalue weighted by Gasteiger charge is 2.26. The van der Waals surface area contributed by atoms with E-state index in [-0.39, 0.29) is 11.1 Å². The molecule has 0 aromatic heterocycles. The summed E-state index contributed by atoms with van der Waals surface area (Å²) in [5.41, 5.74) is 2.42. The summed E-state index contributed by atoms with van der Waals surface area (Å²) in [4.78, 5) is 14.2. The summed E-state index contributed by atoms with van der Waals surface area (Å²) in [6.07, 6.45) is 0.819. The first kappa shape index (κ1) is 16.1. The van der Waals surface area contributed by atoms with Crippen molar-refractivity contribution in [2.24, 2.45) is 0 Å². The molecule has 0 saturated carbocycles. The van der Waals surface area contributed by atoms with E-state index < -0.39 is 11.9 Å². The van der Waals surface area contributed by atoms with Gasteiger partial charge in [0.1, 0.15) is 5.82 Å². The van der Waals surface area contributed by atoms with Gasteiger partial charge in [-0.15, -0.1) is 0 Å². The van der Waals surface area contributed by atoms with Crippen LogP contribution in [0.4, 0.5) is 14.9 Å². The first-order valence-corrected chi connectivity index (χ1v) is 8.04. The Labute approximate surface area is 144 Å². The predicted octanol–water partition coefficient (Wildman–Crippen LogP) is 4.97. The molecule has 0 saturated heterocycles. The molecule has 0 spiro atoms. The molecule has 6 heteroatoms. The third-order valence-corrected chi connectivity index (χ3v) is 4.70. The van der Waals surface area contributed by atoms with Crippen LogP contribution in [0.3, 0.4) is 0 Å². The van der Waals surface area contributed by atoms with Crippen LogP contribution in [0.1, 0.15) is 24.1 Å². The second kappa shape index (κ2) is 6.38. The number of amides is 2. The standard InChI is InChI=1S/C17H15Cl2FN2O/c1-10(15-12(18)6-7-13(20)16(15)19)21-17(23)22-9-8-11-4-2-3-5-14(11)22/h2-7,10H,8-9H2,1H3,(H,21,23). The number of nitrogens with one attached hydrogen (secondary N) is 1. The van der Waals surface area contributed by atoms with Crippen molar-refractivity contribution >= 4 is 34.9 Å². The monoisotopic (exact) mass is 352 g/mol. The van der Waals surface area contributed by atoms with Crippen LogP contribution in [0, 0.1) is 5.82 Å². The number of nitrogens with zero attached hydrogens (tertiary/aromatic N) is 1. The molecule has 2 aromatic rings. The van der Waals surface area contributed by atoms with E-state index in [9.17, 15) is 9.18 Å². The van der Waals surface area contributed by atoms with E-state index >= 15 is 0 Å². The minimum absolute atomic E-state index is 0.0628. The Hall–Kier alpha value is -1.78. The van der Waals surface area contributed by atoms with Gasteiger partial charge in [0.05, 0.1) is 11.1 Å². The van der Waals surface area contributed by atoms with E-state index in [1.54, 1.807) is 11.8 Å². The number of carbonyl (C=O) groups excluding carboxylic acids is 1. The number of benzene rings is 2. The van der Waals surface area contributed by atoms with Crippen molar-refractivity contribution in [2.75, 3.05) is 11.4 Å². The van der Waals surface area contributed by atoms with Gasteiger partial charge >= 0.3 is 6.03 Å². The van der Waals surface area contributed by atoms with Crippen molar-refractivity contribution in [2.45, 2.75) is 19.4 Å². The molecular weight excluding hydrogens is 338 g/mol. The van der Waals surface area contributed by atoms with E-state index in [1.807, 2.05) is 24.3 Å². The summed E-state index contributed by atoms with van der Waals surface area (Å²) in [5.74, 6) is -0.557. The van der Waals surface area contributed by atoms with Crippen LogP contribution in [0.25, 0.3) is 0 Å². The van der Waals surface area contributed by atoms with E-state index in [0.29, 0.717) is 17.1 Å². The molecular formula is C17H15Cl2FN2O. The van der Waals surface area contributed by atoms with Crippen molar-refractivity contribution in [1.82, 2.24) is 5.32 Å². The highest BCUT2D eigenvalue weighted by Crippen LogP contribution is 2.33. The molecule has 0 aliphatic carbocycles. The molecule has 2 aromatic carbocycles. The summed E-state index contributed by atoms with van der Waals surface area (Å²) in [7, 11) is 0. The summed E-state index contributed by atoms with van der Waals surface area (Å²) in [6.45, 7) is 2.34. The molecule has 0 radical (unpaired) electrons. The van der Waals surface area contributed by atoms with Gasteiger partial charge in [-0.3, -0.25) is 4.90 Å². The Morgan fingerprint density at radius 1 is 1.26 bits per heavy atom. The van der Waals surface area contributed by atoms with Crippen molar-refractivity contribution < 1.29 is 9.18 Å². The van der Waals surface area contributed by atoms with Crippen LogP contribution >= 0.6 is 23.2 Å². The molecule has 2 amide bonds. The lowest BCUT2D eigenvalue weighted by Gasteiger charge is -2.23. The number of rotatable bonds is 2. The third kappa shape index (κ3) is 3.01. The first-order chi connectivity index (χ1) is 11.0. The molecule has 3 nitrogen and oxygen atoms in total. The smallest absolute Gasteiger partial charge is 0.322 e. The number of hydrogen-bond acceptors (Lipinski definition) is 1. The maximum absolute atomic E-state index is 13.6. The van der Waals surface area contributed by atoms with Gasteiger partial charge in [0.25, 0.3) is 0 Å². The normalized spacial score (nSPS) is 14.5. The largest absolute Gasteiger partial charge is 0.331 e. The van der Waals surface area contributed by atoms with Crippen LogP contribution < -0.4 is 10.2 Å². The number of urea groups is 1. The van der Waals surface area contributed by atoms with Crippen LogP contribution in [0.2, 0.25) is 10.0 Å². The fourth-order valence-electron chi connectivity index (χ4n) is 2.82. The average Bonchev–Trinajstić information content (AvgIpc) is 2.95. The first-order valence-electron chi connectivity index (χ1n) is 7.28. The lowest BCUT2D eigenvalue weighted by Crippen LogP contribution is -2.40. The Morgan fingerprint density at radius 2 is 2.00 bits per heavy atom. The van der Waals surface area contributed by atoms with Gasteiger partial charge in [0.15, 0.2) is 0 Å². The van der Waals surface area contributed by atoms with Crippen LogP contribution in [-0.4, -0.2) is 12.6 Å². The van der Waals surface area contributed by atoms with Crippen LogP contribution in [-0.2, 0) is 6.42 Å². The molecule has 1 aliphatic heterocycles. The zero-order chi connectivity index (χ0) is 16.6. The second-order valence-corrected chi connectivity index (χ2v) is 6.24. The SMILES string of the molecule is CC(NC(=O)N1CCc2ccccc21)c1c(Cl)ccc(F)c1Cl. The van der Waals surface area contributed by atoms with E-state index in [1.165, 1.54) is 12.1 Å². The number of fused-ring (bicyclic) bond motifs is 1. The van der Waals surface area contributed by atoms with Crippen molar-refractivity contribution in [3.8, 4) is 0 Å². The Kier molecular flexibility index (Phi) is 4.46. The highest BCUT2D eigenvalue weighted by atomic mass is 35.5. The number of hydrogen-bond donors (Lipinski definition) is 1. The number of para-hydroxylation sites is 1. The van der Waals surface area contributed by atoms with Gasteiger partial charge in [-0.2, -0.15) is 0 Å². The predicted molar refractivity (Wildman–Crippen MR) is 90.9 cm³/mol. The van der Waals surface area contributed by atoms with Gasteiger partial charge in [-0.1, -0.05) is 41.4 Å². The zero-order valence-electron chi connectivity index (χ0n) is 12.4. The summed E-state index contributed by atoms with van der Waals surface area (Å²) in [5, 5.41) is 3.10. The zero-order valence-corrected chi connectivity index (χ0v) is 14.0. The lowest BCUT2D eigenvalue weighted by atomic mass is 10.1. The molecule has 0 fully saturated rings. The average molecular weight is 353 g/mol. The van der Waals surface area contributed by atoms with Gasteiger partial charge < -0.3 is 5.32 Å². The van der Waals surface area contributed by atoms with Crippen LogP contribution in [0.15, 0.2) is 36.4 Å². The quantitative estimate of drug-likeness (QED) is 0.760. The second-order valence-electron chi connectivity index (χ2n) is 5.46. The number of anilines is 1.